The molecule has 274 valence electrons. The number of ether oxygens (including phenoxy) is 3. The quantitative estimate of drug-likeness (QED) is 0.120. The molecule has 0 unspecified atom stereocenters. The van der Waals surface area contributed by atoms with E-state index in [1.165, 1.54) is 0 Å². The third kappa shape index (κ3) is 8.87. The van der Waals surface area contributed by atoms with Gasteiger partial charge in [-0.15, -0.1) is 0 Å². The van der Waals surface area contributed by atoms with E-state index in [9.17, 15) is 4.79 Å². The molecule has 0 aliphatic carbocycles. The molecule has 4 heterocycles. The second-order valence-corrected chi connectivity index (χ2v) is 13.9. The van der Waals surface area contributed by atoms with Gasteiger partial charge in [-0.2, -0.15) is 5.10 Å². The van der Waals surface area contributed by atoms with Gasteiger partial charge in [0.15, 0.2) is 5.82 Å². The third-order valence-corrected chi connectivity index (χ3v) is 8.65. The number of fused-ring (bicyclic) bond motifs is 1. The summed E-state index contributed by atoms with van der Waals surface area (Å²) in [5, 5.41) is 12.4. The lowest BCUT2D eigenvalue weighted by Gasteiger charge is -2.24. The van der Waals surface area contributed by atoms with Crippen LogP contribution in [0.15, 0.2) is 133 Å². The maximum atomic E-state index is 12.8. The standard InChI is InChI=1S/C43H42N6O5/c1-43(2,3)54-42(50)47-34(22-29-8-6-5-7-9-29)28-53-36-24-37(40(45-25-36)32-18-21-52-27-32)31-12-15-39-38(23-31)41(46-33-16-19-44-20-17-33)48-49(39)26-30-10-13-35(51-4)14-11-30/h5-21,23-25,27,34H,22,26,28H2,1-4H3,(H,47,50)(H,44,46,48)/t34-/m0/s1. The monoisotopic (exact) mass is 722 g/mol. The Balaban J connectivity index is 1.23. The van der Waals surface area contributed by atoms with Gasteiger partial charge in [0, 0.05) is 34.6 Å². The van der Waals surface area contributed by atoms with E-state index in [-0.39, 0.29) is 12.6 Å². The average Bonchev–Trinajstić information content (AvgIpc) is 3.83. The topological polar surface area (TPSA) is 126 Å². The largest absolute Gasteiger partial charge is 0.497 e. The highest BCUT2D eigenvalue weighted by atomic mass is 16.6. The SMILES string of the molecule is COc1ccc(Cn2nc(Nc3ccncc3)c3cc(-c4cc(OC[C@H](Cc5ccccc5)NC(=O)OC(C)(C)C)cnc4-c4ccoc4)ccc32)cc1. The van der Waals surface area contributed by atoms with Crippen LogP contribution in [-0.2, 0) is 17.7 Å². The molecule has 0 radical (unpaired) electrons. The smallest absolute Gasteiger partial charge is 0.408 e. The van der Waals surface area contributed by atoms with Crippen LogP contribution in [0, 0.1) is 0 Å². The number of nitrogens with one attached hydrogen (secondary N) is 2. The molecule has 3 aromatic carbocycles. The highest BCUT2D eigenvalue weighted by Crippen LogP contribution is 2.37. The molecule has 0 spiro atoms. The van der Waals surface area contributed by atoms with Crippen molar-refractivity contribution < 1.29 is 23.4 Å². The molecule has 1 amide bonds. The summed E-state index contributed by atoms with van der Waals surface area (Å²) in [5.41, 5.74) is 6.65. The summed E-state index contributed by atoms with van der Waals surface area (Å²) in [4.78, 5) is 21.9. The lowest BCUT2D eigenvalue weighted by molar-refractivity contribution is 0.0487. The Labute approximate surface area is 313 Å². The lowest BCUT2D eigenvalue weighted by Crippen LogP contribution is -2.43. The van der Waals surface area contributed by atoms with Crippen LogP contribution in [0.5, 0.6) is 11.5 Å². The molecule has 1 atom stereocenters. The molecule has 0 fully saturated rings. The molecule has 0 aliphatic heterocycles. The molecule has 7 aromatic rings. The highest BCUT2D eigenvalue weighted by Gasteiger charge is 2.22. The Morgan fingerprint density at radius 3 is 2.41 bits per heavy atom. The van der Waals surface area contributed by atoms with Gasteiger partial charge in [-0.05, 0) is 92.4 Å². The van der Waals surface area contributed by atoms with Gasteiger partial charge in [0.2, 0.25) is 0 Å². The first-order chi connectivity index (χ1) is 26.2. The van der Waals surface area contributed by atoms with Crippen molar-refractivity contribution in [1.82, 2.24) is 25.1 Å². The number of anilines is 2. The number of aromatic nitrogens is 4. The number of hydrogen-bond donors (Lipinski definition) is 2. The molecule has 11 heteroatoms. The van der Waals surface area contributed by atoms with Crippen LogP contribution in [0.25, 0.3) is 33.3 Å². The fourth-order valence-electron chi connectivity index (χ4n) is 6.13. The van der Waals surface area contributed by atoms with Crippen LogP contribution in [0.4, 0.5) is 16.3 Å². The molecule has 0 saturated carbocycles. The van der Waals surface area contributed by atoms with Gasteiger partial charge in [0.05, 0.1) is 49.6 Å². The molecule has 0 aliphatic rings. The minimum absolute atomic E-state index is 0.192. The first-order valence-corrected chi connectivity index (χ1v) is 17.7. The van der Waals surface area contributed by atoms with Crippen LogP contribution in [0.3, 0.4) is 0 Å². The number of pyridine rings is 2. The van der Waals surface area contributed by atoms with Crippen molar-refractivity contribution >= 4 is 28.5 Å². The highest BCUT2D eigenvalue weighted by molar-refractivity contribution is 5.96. The summed E-state index contributed by atoms with van der Waals surface area (Å²) < 4.78 is 24.8. The van der Waals surface area contributed by atoms with Crippen molar-refractivity contribution in [2.45, 2.75) is 45.4 Å². The van der Waals surface area contributed by atoms with E-state index in [1.54, 1.807) is 38.2 Å². The van der Waals surface area contributed by atoms with Gasteiger partial charge in [0.1, 0.15) is 23.7 Å². The predicted octanol–water partition coefficient (Wildman–Crippen LogP) is 9.07. The lowest BCUT2D eigenvalue weighted by atomic mass is 9.99. The Morgan fingerprint density at radius 1 is 0.889 bits per heavy atom. The summed E-state index contributed by atoms with van der Waals surface area (Å²) in [6.45, 7) is 6.27. The van der Waals surface area contributed by atoms with Crippen LogP contribution < -0.4 is 20.1 Å². The van der Waals surface area contributed by atoms with Gasteiger partial charge < -0.3 is 29.3 Å². The zero-order chi connectivity index (χ0) is 37.5. The first kappa shape index (κ1) is 35.8. The van der Waals surface area contributed by atoms with Crippen LogP contribution in [-0.4, -0.2) is 51.2 Å². The summed E-state index contributed by atoms with van der Waals surface area (Å²) >= 11 is 0. The number of amides is 1. The zero-order valence-electron chi connectivity index (χ0n) is 30.7. The van der Waals surface area contributed by atoms with Crippen molar-refractivity contribution in [2.24, 2.45) is 0 Å². The van der Waals surface area contributed by atoms with Gasteiger partial charge >= 0.3 is 6.09 Å². The van der Waals surface area contributed by atoms with Crippen molar-refractivity contribution in [3.05, 3.63) is 139 Å². The van der Waals surface area contributed by atoms with E-state index >= 15 is 0 Å². The van der Waals surface area contributed by atoms with Gasteiger partial charge in [-0.1, -0.05) is 48.5 Å². The van der Waals surface area contributed by atoms with Gasteiger partial charge in [-0.25, -0.2) is 4.79 Å². The number of hydrogen-bond acceptors (Lipinski definition) is 9. The maximum absolute atomic E-state index is 12.8. The molecule has 0 bridgehead atoms. The third-order valence-electron chi connectivity index (χ3n) is 8.65. The molecule has 4 aromatic heterocycles. The second kappa shape index (κ2) is 16.0. The number of rotatable bonds is 13. The van der Waals surface area contributed by atoms with E-state index in [0.29, 0.717) is 24.5 Å². The number of nitrogens with zero attached hydrogens (tertiary/aromatic N) is 4. The van der Waals surface area contributed by atoms with E-state index in [1.807, 2.05) is 104 Å². The molecule has 54 heavy (non-hydrogen) atoms. The number of benzene rings is 3. The summed E-state index contributed by atoms with van der Waals surface area (Å²) in [6, 6.07) is 31.5. The molecular formula is C43H42N6O5. The predicted molar refractivity (Wildman–Crippen MR) is 209 cm³/mol. The Morgan fingerprint density at radius 2 is 1.69 bits per heavy atom. The Hall–Kier alpha value is -6.62. The minimum Gasteiger partial charge on any atom is -0.497 e. The second-order valence-electron chi connectivity index (χ2n) is 13.9. The summed E-state index contributed by atoms with van der Waals surface area (Å²) in [5.74, 6) is 2.05. The minimum atomic E-state index is -0.634. The molecule has 0 saturated heterocycles. The Kier molecular flexibility index (Phi) is 10.6. The summed E-state index contributed by atoms with van der Waals surface area (Å²) in [6.07, 6.45) is 8.54. The van der Waals surface area contributed by atoms with Crippen LogP contribution in [0.2, 0.25) is 0 Å². The van der Waals surface area contributed by atoms with Crippen LogP contribution >= 0.6 is 0 Å². The molecule has 11 nitrogen and oxygen atoms in total. The number of furan rings is 1. The summed E-state index contributed by atoms with van der Waals surface area (Å²) in [7, 11) is 1.66. The fourth-order valence-corrected chi connectivity index (χ4v) is 6.13. The van der Waals surface area contributed by atoms with Crippen molar-refractivity contribution in [2.75, 3.05) is 19.0 Å². The molecule has 7 rings (SSSR count). The first-order valence-electron chi connectivity index (χ1n) is 17.7. The number of methoxy groups -OCH3 is 1. The molecule has 2 N–H and O–H groups in total. The fraction of sp³-hybridized carbons (Fsp3) is 0.209. The number of carbonyl (C=O) groups excluding carboxylic acids is 1. The van der Waals surface area contributed by atoms with E-state index < -0.39 is 11.7 Å². The average molecular weight is 723 g/mol. The maximum Gasteiger partial charge on any atom is 0.408 e. The molecular weight excluding hydrogens is 681 g/mol. The van der Waals surface area contributed by atoms with Crippen molar-refractivity contribution in [3.8, 4) is 33.9 Å². The van der Waals surface area contributed by atoms with E-state index in [0.717, 1.165) is 55.9 Å². The van der Waals surface area contributed by atoms with Gasteiger partial charge in [0.25, 0.3) is 0 Å². The van der Waals surface area contributed by atoms with E-state index in [4.69, 9.17) is 28.7 Å². The normalized spacial score (nSPS) is 11.9. The van der Waals surface area contributed by atoms with E-state index in [2.05, 4.69) is 33.8 Å². The Bertz CT molecular complexity index is 2300. The number of carbonyl (C=O) groups is 1. The van der Waals surface area contributed by atoms with Gasteiger partial charge in [-0.3, -0.25) is 14.6 Å². The van der Waals surface area contributed by atoms with Crippen molar-refractivity contribution in [3.63, 3.8) is 0 Å². The number of alkyl carbamates (subject to hydrolysis) is 1. The van der Waals surface area contributed by atoms with Crippen LogP contribution in [0.1, 0.15) is 31.9 Å². The van der Waals surface area contributed by atoms with Crippen molar-refractivity contribution in [1.29, 1.82) is 0 Å². The zero-order valence-corrected chi connectivity index (χ0v) is 30.7.